The minimum atomic E-state index is -0.0751. The van der Waals surface area contributed by atoms with Gasteiger partial charge in [-0.1, -0.05) is 208 Å². The predicted molar refractivity (Wildman–Crippen MR) is 322 cm³/mol. The molecule has 0 bridgehead atoms. The molecule has 13 aromatic carbocycles. The van der Waals surface area contributed by atoms with Crippen LogP contribution in [-0.4, -0.2) is 0 Å². The van der Waals surface area contributed by atoms with Crippen LogP contribution >= 0.6 is 0 Å². The van der Waals surface area contributed by atoms with Crippen molar-refractivity contribution in [2.24, 2.45) is 0 Å². The van der Waals surface area contributed by atoms with Crippen LogP contribution in [0.1, 0.15) is 25.0 Å². The number of fused-ring (bicyclic) bond motifs is 12. The van der Waals surface area contributed by atoms with Gasteiger partial charge in [0, 0.05) is 49.7 Å². The number of para-hydroxylation sites is 1. The molecule has 15 rings (SSSR count). The zero-order chi connectivity index (χ0) is 50.5. The summed E-state index contributed by atoms with van der Waals surface area (Å²) >= 11 is 0. The number of rotatable bonds is 8. The highest BCUT2D eigenvalue weighted by Gasteiger charge is 2.36. The van der Waals surface area contributed by atoms with E-state index in [9.17, 15) is 0 Å². The van der Waals surface area contributed by atoms with E-state index < -0.39 is 0 Å². The van der Waals surface area contributed by atoms with Gasteiger partial charge < -0.3 is 14.2 Å². The maximum absolute atomic E-state index is 6.31. The highest BCUT2D eigenvalue weighted by atomic mass is 16.3. The maximum atomic E-state index is 6.31. The summed E-state index contributed by atoms with van der Waals surface area (Å²) < 4.78 is 6.31. The zero-order valence-electron chi connectivity index (χ0n) is 42.2. The largest absolute Gasteiger partial charge is 0.456 e. The van der Waals surface area contributed by atoms with E-state index in [1.807, 2.05) is 12.1 Å². The Morgan fingerprint density at radius 1 is 0.276 bits per heavy atom. The molecule has 0 spiro atoms. The van der Waals surface area contributed by atoms with Crippen molar-refractivity contribution in [3.63, 3.8) is 0 Å². The van der Waals surface area contributed by atoms with Crippen LogP contribution in [0, 0.1) is 0 Å². The minimum absolute atomic E-state index is 0.0751. The van der Waals surface area contributed by atoms with Crippen LogP contribution < -0.4 is 9.80 Å². The van der Waals surface area contributed by atoms with Crippen molar-refractivity contribution in [1.29, 1.82) is 0 Å². The Kier molecular flexibility index (Phi) is 9.92. The Balaban J connectivity index is 0.787. The van der Waals surface area contributed by atoms with Crippen LogP contribution in [0.2, 0.25) is 0 Å². The second-order valence-corrected chi connectivity index (χ2v) is 20.8. The Bertz CT molecular complexity index is 4600. The summed E-state index contributed by atoms with van der Waals surface area (Å²) in [7, 11) is 0. The highest BCUT2D eigenvalue weighted by Crippen LogP contribution is 2.52. The molecule has 0 atom stereocenters. The third kappa shape index (κ3) is 6.97. The monoisotopic (exact) mass is 970 g/mol. The lowest BCUT2D eigenvalue weighted by Crippen LogP contribution is -2.15. The summed E-state index contributed by atoms with van der Waals surface area (Å²) in [5.41, 5.74) is 18.4. The molecule has 14 aromatic rings. The van der Waals surface area contributed by atoms with E-state index in [-0.39, 0.29) is 5.41 Å². The molecule has 0 radical (unpaired) electrons. The molecule has 76 heavy (non-hydrogen) atoms. The molecule has 0 fully saturated rings. The number of furan rings is 1. The molecule has 1 aromatic heterocycles. The topological polar surface area (TPSA) is 19.6 Å². The van der Waals surface area contributed by atoms with Crippen molar-refractivity contribution in [3.05, 3.63) is 278 Å². The first-order valence-electron chi connectivity index (χ1n) is 26.3. The summed E-state index contributed by atoms with van der Waals surface area (Å²) in [5, 5.41) is 12.0. The molecular formula is C73H50N2O. The highest BCUT2D eigenvalue weighted by molar-refractivity contribution is 6.16. The third-order valence-electron chi connectivity index (χ3n) is 16.2. The van der Waals surface area contributed by atoms with Crippen molar-refractivity contribution in [2.75, 3.05) is 9.80 Å². The molecule has 0 aliphatic heterocycles. The van der Waals surface area contributed by atoms with E-state index in [1.165, 1.54) is 76.5 Å². The standard InChI is InChI=1S/C73H50N2O/c1-73(2)67-25-13-11-21-61(67)65-45-55(39-41-68(65)73)74(69-43-51-15-3-5-17-57(51)59-19-7-9-22-62(59)69)53-35-31-49(32-36-53)47-27-29-48(30-28-47)50-33-37-54(38-34-50)75(56-40-42-72-66(46-56)64-24-12-14-26-71(64)76-72)70-44-52-16-4-6-18-58(52)60-20-8-10-23-63(60)70/h3-46H,1-2H3. The first kappa shape index (κ1) is 43.8. The molecule has 0 amide bonds. The fourth-order valence-electron chi connectivity index (χ4n) is 12.5. The zero-order valence-corrected chi connectivity index (χ0v) is 42.2. The van der Waals surface area contributed by atoms with Gasteiger partial charge in [-0.3, -0.25) is 0 Å². The second kappa shape index (κ2) is 17.2. The molecule has 0 saturated heterocycles. The maximum Gasteiger partial charge on any atom is 0.135 e. The molecule has 358 valence electrons. The van der Waals surface area contributed by atoms with Crippen LogP contribution in [0.5, 0.6) is 0 Å². The average Bonchev–Trinajstić information content (AvgIpc) is 3.99. The van der Waals surface area contributed by atoms with Gasteiger partial charge >= 0.3 is 0 Å². The number of hydrogen-bond donors (Lipinski definition) is 0. The third-order valence-corrected chi connectivity index (χ3v) is 16.2. The van der Waals surface area contributed by atoms with E-state index in [4.69, 9.17) is 4.42 Å². The van der Waals surface area contributed by atoms with Crippen LogP contribution in [0.25, 0.3) is 98.4 Å². The molecule has 0 N–H and O–H groups in total. The number of anilines is 6. The van der Waals surface area contributed by atoms with Gasteiger partial charge in [0.15, 0.2) is 0 Å². The summed E-state index contributed by atoms with van der Waals surface area (Å²) in [6.07, 6.45) is 0. The van der Waals surface area contributed by atoms with Crippen molar-refractivity contribution in [3.8, 4) is 33.4 Å². The molecule has 0 unspecified atom stereocenters. The fourth-order valence-corrected chi connectivity index (χ4v) is 12.5. The molecule has 3 heteroatoms. The molecule has 1 heterocycles. The van der Waals surface area contributed by atoms with Crippen molar-refractivity contribution in [1.82, 2.24) is 0 Å². The average molecular weight is 971 g/mol. The molecule has 0 saturated carbocycles. The first-order chi connectivity index (χ1) is 37.4. The van der Waals surface area contributed by atoms with Gasteiger partial charge in [-0.25, -0.2) is 0 Å². The van der Waals surface area contributed by atoms with E-state index in [0.29, 0.717) is 0 Å². The quantitative estimate of drug-likeness (QED) is 0.142. The number of hydrogen-bond acceptors (Lipinski definition) is 3. The lowest BCUT2D eigenvalue weighted by atomic mass is 9.82. The van der Waals surface area contributed by atoms with Crippen molar-refractivity contribution >= 4 is 99.2 Å². The Morgan fingerprint density at radius 2 is 0.671 bits per heavy atom. The van der Waals surface area contributed by atoms with E-state index in [1.54, 1.807) is 0 Å². The Labute approximate surface area is 441 Å². The van der Waals surface area contributed by atoms with Crippen molar-refractivity contribution in [2.45, 2.75) is 19.3 Å². The summed E-state index contributed by atoms with van der Waals surface area (Å²) in [6, 6.07) is 97.8. The van der Waals surface area contributed by atoms with Crippen LogP contribution in [0.4, 0.5) is 34.1 Å². The summed E-state index contributed by atoms with van der Waals surface area (Å²) in [4.78, 5) is 4.86. The van der Waals surface area contributed by atoms with Crippen LogP contribution in [-0.2, 0) is 5.41 Å². The van der Waals surface area contributed by atoms with E-state index >= 15 is 0 Å². The smallest absolute Gasteiger partial charge is 0.135 e. The lowest BCUT2D eigenvalue weighted by molar-refractivity contribution is 0.660. The van der Waals surface area contributed by atoms with Crippen molar-refractivity contribution < 1.29 is 4.42 Å². The number of nitrogens with zero attached hydrogens (tertiary/aromatic N) is 2. The van der Waals surface area contributed by atoms with Gasteiger partial charge in [-0.2, -0.15) is 0 Å². The molecular weight excluding hydrogens is 921 g/mol. The van der Waals surface area contributed by atoms with Gasteiger partial charge in [-0.15, -0.1) is 0 Å². The van der Waals surface area contributed by atoms with Gasteiger partial charge in [0.25, 0.3) is 0 Å². The summed E-state index contributed by atoms with van der Waals surface area (Å²) in [6.45, 7) is 4.70. The molecule has 1 aliphatic rings. The van der Waals surface area contributed by atoms with Crippen LogP contribution in [0.15, 0.2) is 271 Å². The van der Waals surface area contributed by atoms with Gasteiger partial charge in [0.2, 0.25) is 0 Å². The van der Waals surface area contributed by atoms with Gasteiger partial charge in [0.1, 0.15) is 11.2 Å². The van der Waals surface area contributed by atoms with Gasteiger partial charge in [-0.05, 0) is 150 Å². The van der Waals surface area contributed by atoms with E-state index in [0.717, 1.165) is 67.2 Å². The Hall–Kier alpha value is -9.70. The fraction of sp³-hybridized carbons (Fsp3) is 0.0411. The molecule has 1 aliphatic carbocycles. The summed E-state index contributed by atoms with van der Waals surface area (Å²) in [5.74, 6) is 0. The second-order valence-electron chi connectivity index (χ2n) is 20.8. The number of benzene rings is 13. The predicted octanol–water partition coefficient (Wildman–Crippen LogP) is 20.8. The van der Waals surface area contributed by atoms with E-state index in [2.05, 4.69) is 278 Å². The normalized spacial score (nSPS) is 12.7. The Morgan fingerprint density at radius 3 is 1.24 bits per heavy atom. The lowest BCUT2D eigenvalue weighted by Gasteiger charge is -2.29. The van der Waals surface area contributed by atoms with Crippen LogP contribution in [0.3, 0.4) is 0 Å². The first-order valence-corrected chi connectivity index (χ1v) is 26.3. The SMILES string of the molecule is CC1(C)c2ccccc2-c2cc(N(c3ccc(-c4ccc(-c5ccc(N(c6ccc7oc8ccccc8c7c6)c6cc7ccccc7c7ccccc67)cc5)cc4)cc3)c3cc4ccccc4c4ccccc34)ccc21. The molecule has 3 nitrogen and oxygen atoms in total. The van der Waals surface area contributed by atoms with Gasteiger partial charge in [0.05, 0.1) is 11.4 Å². The minimum Gasteiger partial charge on any atom is -0.456 e.